The van der Waals surface area contributed by atoms with Crippen LogP contribution in [-0.2, 0) is 25.5 Å². The van der Waals surface area contributed by atoms with Crippen LogP contribution in [0.15, 0.2) is 24.3 Å². The van der Waals surface area contributed by atoms with Crippen molar-refractivity contribution in [1.82, 2.24) is 10.2 Å². The molecule has 8 nitrogen and oxygen atoms in total. The van der Waals surface area contributed by atoms with Crippen LogP contribution in [-0.4, -0.2) is 61.0 Å². The van der Waals surface area contributed by atoms with Crippen molar-refractivity contribution < 1.29 is 28.7 Å². The number of nitrogens with one attached hydrogen (secondary N) is 1. The van der Waals surface area contributed by atoms with Gasteiger partial charge < -0.3 is 19.7 Å². The van der Waals surface area contributed by atoms with Gasteiger partial charge in [0, 0.05) is 31.1 Å². The topological polar surface area (TPSA) is 102 Å². The van der Waals surface area contributed by atoms with Gasteiger partial charge >= 0.3 is 12.1 Å². The number of hydrogen-bond acceptors (Lipinski definition) is 6. The summed E-state index contributed by atoms with van der Waals surface area (Å²) in [6, 6.07) is 7.45. The molecule has 0 aromatic heterocycles. The van der Waals surface area contributed by atoms with Crippen LogP contribution >= 0.6 is 0 Å². The number of rotatable bonds is 12. The lowest BCUT2D eigenvalue weighted by Gasteiger charge is -2.31. The number of likely N-dealkylation sites (tertiary alicyclic amines) is 1. The average Bonchev–Trinajstić information content (AvgIpc) is 2.82. The highest BCUT2D eigenvalue weighted by Crippen LogP contribution is 2.13. The number of ether oxygens (including phenoxy) is 2. The summed E-state index contributed by atoms with van der Waals surface area (Å²) in [6.45, 7) is 4.89. The molecule has 2 rings (SSSR count). The zero-order valence-electron chi connectivity index (χ0n) is 19.8. The highest BCUT2D eigenvalue weighted by Gasteiger charge is 2.24. The predicted molar refractivity (Wildman–Crippen MR) is 124 cm³/mol. The number of Topliss-reactive ketones (excluding diaryl/α,β-unsaturated/α-hetero) is 1. The van der Waals surface area contributed by atoms with Crippen LogP contribution in [0.25, 0.3) is 0 Å². The van der Waals surface area contributed by atoms with E-state index in [1.165, 1.54) is 18.4 Å². The van der Waals surface area contributed by atoms with Gasteiger partial charge in [0.1, 0.15) is 0 Å². The minimum absolute atomic E-state index is 0.0436. The van der Waals surface area contributed by atoms with Gasteiger partial charge in [0.2, 0.25) is 0 Å². The van der Waals surface area contributed by atoms with E-state index in [1.54, 1.807) is 24.0 Å². The highest BCUT2D eigenvalue weighted by atomic mass is 16.6. The van der Waals surface area contributed by atoms with Gasteiger partial charge in [-0.05, 0) is 38.2 Å². The number of nitrogens with zero attached hydrogens (tertiary/aromatic N) is 1. The molecule has 0 spiro atoms. The normalized spacial score (nSPS) is 13.9. The molecule has 1 aliphatic heterocycles. The van der Waals surface area contributed by atoms with Gasteiger partial charge in [0.25, 0.3) is 5.91 Å². The van der Waals surface area contributed by atoms with Crippen LogP contribution in [0.1, 0.15) is 74.7 Å². The van der Waals surface area contributed by atoms with E-state index in [1.807, 2.05) is 12.1 Å². The molecule has 1 aliphatic rings. The number of benzene rings is 1. The molecule has 0 atom stereocenters. The first-order valence-corrected chi connectivity index (χ1v) is 11.9. The Kier molecular flexibility index (Phi) is 11.4. The Morgan fingerprint density at radius 1 is 0.970 bits per heavy atom. The Morgan fingerprint density at radius 3 is 2.30 bits per heavy atom. The third-order valence-electron chi connectivity index (χ3n) is 5.65. The van der Waals surface area contributed by atoms with E-state index in [0.29, 0.717) is 38.1 Å². The SMILES string of the molecule is CCCCCc1ccc(C(=O)CCC(=O)OCC(=O)NC2CCN(C(=O)OCC)CC2)cc1. The van der Waals surface area contributed by atoms with Crippen LogP contribution in [0.3, 0.4) is 0 Å². The lowest BCUT2D eigenvalue weighted by molar-refractivity contribution is -0.148. The molecule has 0 unspecified atom stereocenters. The fraction of sp³-hybridized carbons (Fsp3) is 0.600. The minimum atomic E-state index is -0.577. The largest absolute Gasteiger partial charge is 0.456 e. The first-order chi connectivity index (χ1) is 15.9. The van der Waals surface area contributed by atoms with Gasteiger partial charge in [0.15, 0.2) is 12.4 Å². The number of piperidine rings is 1. The van der Waals surface area contributed by atoms with Crippen molar-refractivity contribution in [2.45, 2.75) is 71.3 Å². The van der Waals surface area contributed by atoms with Crippen LogP contribution in [0.2, 0.25) is 0 Å². The molecule has 1 saturated heterocycles. The Labute approximate surface area is 196 Å². The molecular weight excluding hydrogens is 424 g/mol. The standard InChI is InChI=1S/C25H36N2O6/c1-3-5-6-7-19-8-10-20(11-9-19)22(28)12-13-24(30)33-18-23(29)26-21-14-16-27(17-15-21)25(31)32-4-2/h8-11,21H,3-7,12-18H2,1-2H3,(H,26,29). The highest BCUT2D eigenvalue weighted by molar-refractivity contribution is 5.97. The van der Waals surface area contributed by atoms with Crippen molar-refractivity contribution in [3.8, 4) is 0 Å². The average molecular weight is 461 g/mol. The molecule has 1 N–H and O–H groups in total. The lowest BCUT2D eigenvalue weighted by atomic mass is 10.0. The van der Waals surface area contributed by atoms with Crippen LogP contribution in [0, 0.1) is 0 Å². The summed E-state index contributed by atoms with van der Waals surface area (Å²) in [5, 5.41) is 2.82. The summed E-state index contributed by atoms with van der Waals surface area (Å²) >= 11 is 0. The molecule has 1 fully saturated rings. The third kappa shape index (κ3) is 9.63. The zero-order valence-corrected chi connectivity index (χ0v) is 19.8. The molecule has 0 bridgehead atoms. The second kappa shape index (κ2) is 14.3. The first-order valence-electron chi connectivity index (χ1n) is 11.9. The van der Waals surface area contributed by atoms with Gasteiger partial charge in [-0.25, -0.2) is 4.79 Å². The van der Waals surface area contributed by atoms with Crippen LogP contribution in [0.4, 0.5) is 4.79 Å². The Morgan fingerprint density at radius 2 is 1.67 bits per heavy atom. The Balaban J connectivity index is 1.62. The molecule has 1 heterocycles. The Bertz CT molecular complexity index is 785. The maximum absolute atomic E-state index is 12.3. The van der Waals surface area contributed by atoms with Crippen molar-refractivity contribution in [3.63, 3.8) is 0 Å². The van der Waals surface area contributed by atoms with Crippen molar-refractivity contribution in [2.24, 2.45) is 0 Å². The third-order valence-corrected chi connectivity index (χ3v) is 5.65. The fourth-order valence-electron chi connectivity index (χ4n) is 3.71. The summed E-state index contributed by atoms with van der Waals surface area (Å²) in [4.78, 5) is 49.6. The molecule has 1 aromatic carbocycles. The second-order valence-corrected chi connectivity index (χ2v) is 8.27. The summed E-state index contributed by atoms with van der Waals surface area (Å²) < 4.78 is 9.98. The summed E-state index contributed by atoms with van der Waals surface area (Å²) in [5.74, 6) is -1.08. The number of carbonyl (C=O) groups excluding carboxylic acids is 4. The summed E-state index contributed by atoms with van der Waals surface area (Å²) in [7, 11) is 0. The quantitative estimate of drug-likeness (QED) is 0.290. The molecule has 0 saturated carbocycles. The van der Waals surface area contributed by atoms with E-state index < -0.39 is 5.97 Å². The van der Waals surface area contributed by atoms with E-state index >= 15 is 0 Å². The molecular formula is C25H36N2O6. The van der Waals surface area contributed by atoms with E-state index in [9.17, 15) is 19.2 Å². The molecule has 8 heteroatoms. The number of unbranched alkanes of at least 4 members (excludes halogenated alkanes) is 2. The number of ketones is 1. The summed E-state index contributed by atoms with van der Waals surface area (Å²) in [6.07, 6.45) is 5.37. The zero-order chi connectivity index (χ0) is 24.1. The fourth-order valence-corrected chi connectivity index (χ4v) is 3.71. The van der Waals surface area contributed by atoms with Crippen molar-refractivity contribution in [2.75, 3.05) is 26.3 Å². The maximum Gasteiger partial charge on any atom is 0.409 e. The number of esters is 1. The molecule has 1 aromatic rings. The van der Waals surface area contributed by atoms with E-state index in [2.05, 4.69) is 12.2 Å². The lowest BCUT2D eigenvalue weighted by Crippen LogP contribution is -2.47. The predicted octanol–water partition coefficient (Wildman–Crippen LogP) is 3.66. The maximum atomic E-state index is 12.3. The van der Waals surface area contributed by atoms with Crippen LogP contribution < -0.4 is 5.32 Å². The van der Waals surface area contributed by atoms with Crippen LogP contribution in [0.5, 0.6) is 0 Å². The molecule has 0 radical (unpaired) electrons. The van der Waals surface area contributed by atoms with Gasteiger partial charge in [-0.1, -0.05) is 44.0 Å². The van der Waals surface area contributed by atoms with E-state index in [4.69, 9.17) is 9.47 Å². The van der Waals surface area contributed by atoms with Gasteiger partial charge in [-0.3, -0.25) is 14.4 Å². The second-order valence-electron chi connectivity index (χ2n) is 8.27. The van der Waals surface area contributed by atoms with Gasteiger partial charge in [-0.15, -0.1) is 0 Å². The van der Waals surface area contributed by atoms with Gasteiger partial charge in [-0.2, -0.15) is 0 Å². The van der Waals surface area contributed by atoms with E-state index in [0.717, 1.165) is 12.8 Å². The van der Waals surface area contributed by atoms with Crippen molar-refractivity contribution >= 4 is 23.8 Å². The number of amides is 2. The number of aryl methyl sites for hydroxylation is 1. The molecule has 2 amide bonds. The number of carbonyl (C=O) groups is 4. The van der Waals surface area contributed by atoms with E-state index in [-0.39, 0.29) is 43.3 Å². The molecule has 182 valence electrons. The monoisotopic (exact) mass is 460 g/mol. The Hall–Kier alpha value is -2.90. The minimum Gasteiger partial charge on any atom is -0.456 e. The smallest absolute Gasteiger partial charge is 0.409 e. The van der Waals surface area contributed by atoms with Crippen molar-refractivity contribution in [1.29, 1.82) is 0 Å². The summed E-state index contributed by atoms with van der Waals surface area (Å²) in [5.41, 5.74) is 1.78. The van der Waals surface area contributed by atoms with Gasteiger partial charge in [0.05, 0.1) is 13.0 Å². The van der Waals surface area contributed by atoms with Crippen molar-refractivity contribution in [3.05, 3.63) is 35.4 Å². The number of hydrogen-bond donors (Lipinski definition) is 1. The molecule has 0 aliphatic carbocycles. The first kappa shape index (κ1) is 26.4. The molecule has 33 heavy (non-hydrogen) atoms.